The normalized spacial score (nSPS) is 12.4. The molecule has 0 bridgehead atoms. The van der Waals surface area contributed by atoms with Crippen molar-refractivity contribution < 1.29 is 0 Å². The molecule has 0 atom stereocenters. The number of rotatable bonds is 0. The lowest BCUT2D eigenvalue weighted by Crippen LogP contribution is -1.84. The van der Waals surface area contributed by atoms with Gasteiger partial charge in [0.05, 0.1) is 0 Å². The van der Waals surface area contributed by atoms with Gasteiger partial charge in [0.2, 0.25) is 0 Å². The Morgan fingerprint density at radius 1 is 0.550 bits per heavy atom. The van der Waals surface area contributed by atoms with Gasteiger partial charge in [-0.05, 0) is 44.2 Å². The fourth-order valence-electron chi connectivity index (χ4n) is 3.42. The molecule has 0 saturated carbocycles. The van der Waals surface area contributed by atoms with Crippen molar-refractivity contribution in [3.05, 3.63) is 66.5 Å². The topological polar surface area (TPSA) is 0 Å². The first-order valence-corrected chi connectivity index (χ1v) is 7.80. The molecule has 0 amide bonds. The van der Waals surface area contributed by atoms with E-state index in [1.54, 1.807) is 0 Å². The summed E-state index contributed by atoms with van der Waals surface area (Å²) in [6.07, 6.45) is 0. The van der Waals surface area contributed by atoms with Crippen LogP contribution in [0.1, 0.15) is 0 Å². The standard InChI is InChI=1S/C19H11P/c1-4-12-5-3-9-16-17(12)14(7-1)15-8-2-6-13-10-11-20-19(16)18(13)15/h1-11H. The Labute approximate surface area is 118 Å². The van der Waals surface area contributed by atoms with Crippen molar-refractivity contribution in [2.24, 2.45) is 0 Å². The predicted molar refractivity (Wildman–Crippen MR) is 90.2 cm³/mol. The molecule has 0 spiro atoms. The third-order valence-electron chi connectivity index (χ3n) is 4.24. The summed E-state index contributed by atoms with van der Waals surface area (Å²) in [5, 5.41) is 11.2. The van der Waals surface area contributed by atoms with Gasteiger partial charge in [-0.1, -0.05) is 62.8 Å². The van der Waals surface area contributed by atoms with Gasteiger partial charge in [-0.3, -0.25) is 0 Å². The molecule has 20 heavy (non-hydrogen) atoms. The van der Waals surface area contributed by atoms with Crippen LogP contribution in [0.15, 0.2) is 66.5 Å². The minimum atomic E-state index is 1.31. The smallest absolute Gasteiger partial charge is 0.0181 e. The highest BCUT2D eigenvalue weighted by Gasteiger charge is 2.11. The highest BCUT2D eigenvalue weighted by atomic mass is 31.0. The third kappa shape index (κ3) is 1.20. The fraction of sp³-hybridized carbons (Fsp3) is 0. The Morgan fingerprint density at radius 2 is 1.15 bits per heavy atom. The van der Waals surface area contributed by atoms with Crippen LogP contribution in [-0.2, 0) is 0 Å². The van der Waals surface area contributed by atoms with Gasteiger partial charge in [-0.2, -0.15) is 0 Å². The minimum absolute atomic E-state index is 1.31. The molecule has 0 saturated heterocycles. The molecule has 0 fully saturated rings. The molecule has 5 aromatic rings. The zero-order valence-corrected chi connectivity index (χ0v) is 11.7. The summed E-state index contributed by atoms with van der Waals surface area (Å²) in [5.41, 5.74) is 0. The monoisotopic (exact) mass is 270 g/mol. The van der Waals surface area contributed by atoms with E-state index in [4.69, 9.17) is 0 Å². The molecule has 1 heteroatoms. The number of fused-ring (bicyclic) bond motifs is 2. The second-order valence-electron chi connectivity index (χ2n) is 5.27. The van der Waals surface area contributed by atoms with Gasteiger partial charge in [-0.25, -0.2) is 0 Å². The van der Waals surface area contributed by atoms with Crippen molar-refractivity contribution in [1.29, 1.82) is 0 Å². The van der Waals surface area contributed by atoms with Crippen molar-refractivity contribution in [1.82, 2.24) is 0 Å². The van der Waals surface area contributed by atoms with Crippen LogP contribution in [0.3, 0.4) is 0 Å². The van der Waals surface area contributed by atoms with Gasteiger partial charge in [0.1, 0.15) is 0 Å². The maximum absolute atomic E-state index is 2.27. The summed E-state index contributed by atoms with van der Waals surface area (Å²) in [6, 6.07) is 22.2. The van der Waals surface area contributed by atoms with E-state index in [0.29, 0.717) is 0 Å². The molecule has 0 nitrogen and oxygen atoms in total. The average molecular weight is 270 g/mol. The molecule has 0 aliphatic carbocycles. The SMILES string of the molecule is c1cc2cccc3c4pccc5cccc(c(c1)c23)c54. The highest BCUT2D eigenvalue weighted by Crippen LogP contribution is 2.42. The molecule has 0 radical (unpaired) electrons. The second kappa shape index (κ2) is 3.69. The molecule has 92 valence electrons. The molecule has 1 aromatic heterocycles. The molecule has 0 aliphatic rings. The summed E-state index contributed by atoms with van der Waals surface area (Å²) in [5.74, 6) is 2.26. The Hall–Kier alpha value is -2.17. The van der Waals surface area contributed by atoms with Crippen molar-refractivity contribution >= 4 is 51.0 Å². The van der Waals surface area contributed by atoms with Crippen LogP contribution in [0.2, 0.25) is 0 Å². The first-order valence-electron chi connectivity index (χ1n) is 6.84. The summed E-state index contributed by atoms with van der Waals surface area (Å²) in [4.78, 5) is 0. The van der Waals surface area contributed by atoms with E-state index in [-0.39, 0.29) is 0 Å². The molecule has 0 aliphatic heterocycles. The van der Waals surface area contributed by atoms with E-state index in [9.17, 15) is 0 Å². The lowest BCUT2D eigenvalue weighted by molar-refractivity contribution is 1.81. The Balaban J connectivity index is 2.32. The first-order chi connectivity index (χ1) is 9.93. The van der Waals surface area contributed by atoms with Crippen molar-refractivity contribution in [2.45, 2.75) is 0 Å². The Bertz CT molecular complexity index is 923. The Morgan fingerprint density at radius 3 is 1.90 bits per heavy atom. The largest absolute Gasteiger partial charge is 0.0671 e. The molecular formula is C19H11P. The van der Waals surface area contributed by atoms with E-state index < -0.39 is 0 Å². The molecule has 0 N–H and O–H groups in total. The van der Waals surface area contributed by atoms with E-state index in [2.05, 4.69) is 66.5 Å². The summed E-state index contributed by atoms with van der Waals surface area (Å²) in [7, 11) is 1.31. The number of benzene rings is 4. The summed E-state index contributed by atoms with van der Waals surface area (Å²) < 4.78 is 0. The zero-order chi connectivity index (χ0) is 13.1. The fourth-order valence-corrected chi connectivity index (χ4v) is 4.51. The van der Waals surface area contributed by atoms with E-state index in [1.807, 2.05) is 0 Å². The average Bonchev–Trinajstić information content (AvgIpc) is 2.52. The predicted octanol–water partition coefficient (Wildman–Crippen LogP) is 6.32. The Kier molecular flexibility index (Phi) is 1.95. The molecule has 0 unspecified atom stereocenters. The summed E-state index contributed by atoms with van der Waals surface area (Å²) >= 11 is 0. The van der Waals surface area contributed by atoms with Crippen LogP contribution in [0.25, 0.3) is 42.8 Å². The van der Waals surface area contributed by atoms with Crippen molar-refractivity contribution in [3.8, 4) is 0 Å². The van der Waals surface area contributed by atoms with Crippen LogP contribution in [-0.4, -0.2) is 0 Å². The minimum Gasteiger partial charge on any atom is -0.0671 e. The quantitative estimate of drug-likeness (QED) is 0.228. The number of hydrogen-bond donors (Lipinski definition) is 0. The van der Waals surface area contributed by atoms with E-state index in [0.717, 1.165) is 0 Å². The lowest BCUT2D eigenvalue weighted by Gasteiger charge is -2.13. The molecular weight excluding hydrogens is 259 g/mol. The lowest BCUT2D eigenvalue weighted by atomic mass is 9.94. The summed E-state index contributed by atoms with van der Waals surface area (Å²) in [6.45, 7) is 0. The van der Waals surface area contributed by atoms with Gasteiger partial charge >= 0.3 is 0 Å². The number of hydrogen-bond acceptors (Lipinski definition) is 0. The highest BCUT2D eigenvalue weighted by molar-refractivity contribution is 7.37. The van der Waals surface area contributed by atoms with Crippen molar-refractivity contribution in [2.75, 3.05) is 0 Å². The van der Waals surface area contributed by atoms with Crippen LogP contribution < -0.4 is 0 Å². The van der Waals surface area contributed by atoms with Gasteiger partial charge in [0.25, 0.3) is 0 Å². The van der Waals surface area contributed by atoms with E-state index in [1.165, 1.54) is 51.0 Å². The van der Waals surface area contributed by atoms with Crippen LogP contribution in [0.5, 0.6) is 0 Å². The third-order valence-corrected chi connectivity index (χ3v) is 5.26. The van der Waals surface area contributed by atoms with Crippen LogP contribution in [0.4, 0.5) is 0 Å². The van der Waals surface area contributed by atoms with E-state index >= 15 is 0 Å². The van der Waals surface area contributed by atoms with Gasteiger partial charge in [0, 0.05) is 10.5 Å². The van der Waals surface area contributed by atoms with Crippen LogP contribution >= 0.6 is 8.19 Å². The first kappa shape index (κ1) is 10.6. The zero-order valence-electron chi connectivity index (χ0n) is 10.8. The van der Waals surface area contributed by atoms with Gasteiger partial charge in [0.15, 0.2) is 0 Å². The van der Waals surface area contributed by atoms with Gasteiger partial charge < -0.3 is 0 Å². The molecule has 1 heterocycles. The maximum atomic E-state index is 2.27. The second-order valence-corrected chi connectivity index (χ2v) is 6.28. The van der Waals surface area contributed by atoms with Crippen molar-refractivity contribution in [3.63, 3.8) is 0 Å². The van der Waals surface area contributed by atoms with Crippen LogP contribution in [0, 0.1) is 0 Å². The molecule has 4 aromatic carbocycles. The van der Waals surface area contributed by atoms with Gasteiger partial charge in [-0.15, -0.1) is 0 Å². The molecule has 5 rings (SSSR count). The maximum Gasteiger partial charge on any atom is 0.0181 e.